The molecular weight excluding hydrogens is 306 g/mol. The van der Waals surface area contributed by atoms with E-state index in [9.17, 15) is 8.42 Å². The van der Waals surface area contributed by atoms with Crippen molar-refractivity contribution in [2.75, 3.05) is 0 Å². The smallest absolute Gasteiger partial charge is 0.207 e. The minimum absolute atomic E-state index is 0.179. The van der Waals surface area contributed by atoms with Gasteiger partial charge in [-0.05, 0) is 55.2 Å². The Bertz CT molecular complexity index is 888. The lowest BCUT2D eigenvalue weighted by Gasteiger charge is -2.22. The molecule has 3 nitrogen and oxygen atoms in total. The maximum Gasteiger partial charge on any atom is 0.244 e. The maximum atomic E-state index is 13.2. The fraction of sp³-hybridized carbons (Fsp3) is 0.263. The predicted octanol–water partition coefficient (Wildman–Crippen LogP) is 3.97. The van der Waals surface area contributed by atoms with Crippen LogP contribution < -0.4 is 0 Å². The van der Waals surface area contributed by atoms with Crippen LogP contribution in [-0.4, -0.2) is 12.7 Å². The summed E-state index contributed by atoms with van der Waals surface area (Å²) in [6, 6.07) is 10.9. The third kappa shape index (κ3) is 1.95. The highest BCUT2D eigenvalue weighted by atomic mass is 32.2. The Kier molecular flexibility index (Phi) is 3.06. The molecule has 0 N–H and O–H groups in total. The average Bonchev–Trinajstić information content (AvgIpc) is 3.09. The molecule has 4 heteroatoms. The SMILES string of the molecule is Cc1ccc(S(=O)(=O)N2[C@@H]3C=C[C@H]2c2c(C)ccc(C)c23)cc1. The number of hydrogen-bond donors (Lipinski definition) is 0. The van der Waals surface area contributed by atoms with E-state index in [4.69, 9.17) is 0 Å². The Labute approximate surface area is 137 Å². The molecule has 2 aliphatic heterocycles. The van der Waals surface area contributed by atoms with Crippen LogP contribution in [0.4, 0.5) is 0 Å². The summed E-state index contributed by atoms with van der Waals surface area (Å²) in [6.07, 6.45) is 4.04. The monoisotopic (exact) mass is 325 g/mol. The first-order valence-electron chi connectivity index (χ1n) is 7.80. The van der Waals surface area contributed by atoms with Gasteiger partial charge in [0.1, 0.15) is 0 Å². The van der Waals surface area contributed by atoms with Crippen LogP contribution in [0.15, 0.2) is 53.4 Å². The minimum atomic E-state index is -3.52. The summed E-state index contributed by atoms with van der Waals surface area (Å²) in [5.41, 5.74) is 5.70. The third-order valence-electron chi connectivity index (χ3n) is 4.94. The van der Waals surface area contributed by atoms with Crippen molar-refractivity contribution in [3.63, 3.8) is 0 Å². The van der Waals surface area contributed by atoms with Crippen LogP contribution in [0.1, 0.15) is 39.9 Å². The number of rotatable bonds is 2. The van der Waals surface area contributed by atoms with E-state index in [0.717, 1.165) is 27.8 Å². The van der Waals surface area contributed by atoms with Crippen molar-refractivity contribution in [2.45, 2.75) is 37.8 Å². The van der Waals surface area contributed by atoms with Crippen molar-refractivity contribution in [1.29, 1.82) is 0 Å². The van der Waals surface area contributed by atoms with Gasteiger partial charge in [0.15, 0.2) is 0 Å². The highest BCUT2D eigenvalue weighted by Gasteiger charge is 2.48. The third-order valence-corrected chi connectivity index (χ3v) is 6.81. The summed E-state index contributed by atoms with van der Waals surface area (Å²) in [5.74, 6) is 0. The van der Waals surface area contributed by atoms with Gasteiger partial charge < -0.3 is 0 Å². The Morgan fingerprint density at radius 3 is 1.74 bits per heavy atom. The summed E-state index contributed by atoms with van der Waals surface area (Å²) in [5, 5.41) is 0. The van der Waals surface area contributed by atoms with Gasteiger partial charge in [-0.2, -0.15) is 4.31 Å². The van der Waals surface area contributed by atoms with Crippen LogP contribution in [0.5, 0.6) is 0 Å². The summed E-state index contributed by atoms with van der Waals surface area (Å²) >= 11 is 0. The molecule has 0 aromatic heterocycles. The molecule has 0 radical (unpaired) electrons. The van der Waals surface area contributed by atoms with E-state index in [1.807, 2.05) is 31.2 Å². The molecule has 2 atom stereocenters. The van der Waals surface area contributed by atoms with Crippen molar-refractivity contribution in [3.05, 3.63) is 76.4 Å². The molecular formula is C19H19NO2S. The van der Waals surface area contributed by atoms with Gasteiger partial charge in [0, 0.05) is 0 Å². The number of sulfonamides is 1. The lowest BCUT2D eigenvalue weighted by molar-refractivity contribution is 0.384. The predicted molar refractivity (Wildman–Crippen MR) is 90.7 cm³/mol. The van der Waals surface area contributed by atoms with Crippen LogP contribution in [0.3, 0.4) is 0 Å². The quantitative estimate of drug-likeness (QED) is 0.784. The molecule has 2 aromatic carbocycles. The van der Waals surface area contributed by atoms with Gasteiger partial charge in [-0.25, -0.2) is 8.42 Å². The molecule has 0 unspecified atom stereocenters. The molecule has 0 saturated heterocycles. The molecule has 0 fully saturated rings. The first-order valence-corrected chi connectivity index (χ1v) is 9.24. The number of fused-ring (bicyclic) bond motifs is 5. The van der Waals surface area contributed by atoms with Crippen LogP contribution in [0, 0.1) is 20.8 Å². The van der Waals surface area contributed by atoms with Gasteiger partial charge in [-0.1, -0.05) is 42.0 Å². The zero-order chi connectivity index (χ0) is 16.4. The Morgan fingerprint density at radius 2 is 1.26 bits per heavy atom. The van der Waals surface area contributed by atoms with Crippen molar-refractivity contribution >= 4 is 10.0 Å². The first kappa shape index (κ1) is 14.7. The van der Waals surface area contributed by atoms with E-state index in [-0.39, 0.29) is 12.1 Å². The van der Waals surface area contributed by atoms with Crippen molar-refractivity contribution in [3.8, 4) is 0 Å². The molecule has 0 spiro atoms. The maximum absolute atomic E-state index is 13.2. The molecule has 0 amide bonds. The van der Waals surface area contributed by atoms with Crippen LogP contribution >= 0.6 is 0 Å². The number of benzene rings is 2. The molecule has 2 aromatic rings. The van der Waals surface area contributed by atoms with E-state index in [0.29, 0.717) is 4.90 Å². The molecule has 2 aliphatic rings. The Morgan fingerprint density at radius 1 is 0.783 bits per heavy atom. The number of aryl methyl sites for hydroxylation is 3. The number of hydrogen-bond acceptors (Lipinski definition) is 2. The number of nitrogens with zero attached hydrogens (tertiary/aromatic N) is 1. The van der Waals surface area contributed by atoms with Crippen LogP contribution in [0.25, 0.3) is 0 Å². The van der Waals surface area contributed by atoms with E-state index < -0.39 is 10.0 Å². The van der Waals surface area contributed by atoms with Crippen molar-refractivity contribution in [2.24, 2.45) is 0 Å². The second-order valence-corrected chi connectivity index (χ2v) is 8.29. The highest BCUT2D eigenvalue weighted by molar-refractivity contribution is 7.89. The Balaban J connectivity index is 1.86. The van der Waals surface area contributed by atoms with Crippen molar-refractivity contribution < 1.29 is 8.42 Å². The van der Waals surface area contributed by atoms with Crippen LogP contribution in [-0.2, 0) is 10.0 Å². The van der Waals surface area contributed by atoms with E-state index >= 15 is 0 Å². The molecule has 0 saturated carbocycles. The van der Waals surface area contributed by atoms with Crippen molar-refractivity contribution in [1.82, 2.24) is 4.31 Å². The standard InChI is InChI=1S/C19H19NO2S/c1-12-4-8-15(9-5-12)23(21,22)20-16-10-11-17(20)19-14(3)7-6-13(2)18(16)19/h4-11,16-17H,1-3H3/t16-,17+. The Hall–Kier alpha value is -1.91. The van der Waals surface area contributed by atoms with Gasteiger partial charge in [0.05, 0.1) is 17.0 Å². The van der Waals surface area contributed by atoms with E-state index in [1.54, 1.807) is 16.4 Å². The molecule has 0 aliphatic carbocycles. The minimum Gasteiger partial charge on any atom is -0.207 e. The summed E-state index contributed by atoms with van der Waals surface area (Å²) in [7, 11) is -3.52. The van der Waals surface area contributed by atoms with Gasteiger partial charge in [-0.3, -0.25) is 0 Å². The topological polar surface area (TPSA) is 37.4 Å². The van der Waals surface area contributed by atoms with Gasteiger partial charge in [-0.15, -0.1) is 0 Å². The van der Waals surface area contributed by atoms with Gasteiger partial charge >= 0.3 is 0 Å². The zero-order valence-corrected chi connectivity index (χ0v) is 14.3. The van der Waals surface area contributed by atoms with Crippen LogP contribution in [0.2, 0.25) is 0 Å². The molecule has 2 bridgehead atoms. The van der Waals surface area contributed by atoms with E-state index in [2.05, 4.69) is 26.0 Å². The van der Waals surface area contributed by atoms with E-state index in [1.165, 1.54) is 0 Å². The molecule has 23 heavy (non-hydrogen) atoms. The zero-order valence-electron chi connectivity index (χ0n) is 13.4. The second-order valence-electron chi connectivity index (χ2n) is 6.45. The molecule has 118 valence electrons. The largest absolute Gasteiger partial charge is 0.244 e. The lowest BCUT2D eigenvalue weighted by atomic mass is 9.90. The first-order chi connectivity index (χ1) is 10.9. The molecule has 4 rings (SSSR count). The average molecular weight is 325 g/mol. The highest BCUT2D eigenvalue weighted by Crippen LogP contribution is 2.53. The van der Waals surface area contributed by atoms with Gasteiger partial charge in [0.2, 0.25) is 10.0 Å². The summed E-state index contributed by atoms with van der Waals surface area (Å²) in [4.78, 5) is 0.366. The fourth-order valence-corrected chi connectivity index (χ4v) is 5.44. The van der Waals surface area contributed by atoms with Gasteiger partial charge in [0.25, 0.3) is 0 Å². The summed E-state index contributed by atoms with van der Waals surface area (Å²) < 4.78 is 28.0. The molecule has 2 heterocycles. The fourth-order valence-electron chi connectivity index (χ4n) is 3.77. The normalized spacial score (nSPS) is 22.6. The lowest BCUT2D eigenvalue weighted by Crippen LogP contribution is -2.28. The summed E-state index contributed by atoms with van der Waals surface area (Å²) in [6.45, 7) is 6.08. The second kappa shape index (κ2) is 4.79.